The molecule has 2 rings (SSSR count). The Morgan fingerprint density at radius 3 is 2.80 bits per heavy atom. The zero-order chi connectivity index (χ0) is 14.5. The highest BCUT2D eigenvalue weighted by Gasteiger charge is 2.16. The van der Waals surface area contributed by atoms with Gasteiger partial charge in [0.15, 0.2) is 0 Å². The molecule has 7 nitrogen and oxygen atoms in total. The van der Waals surface area contributed by atoms with Gasteiger partial charge >= 0.3 is 0 Å². The van der Waals surface area contributed by atoms with Crippen molar-refractivity contribution in [2.45, 2.75) is 6.42 Å². The van der Waals surface area contributed by atoms with Crippen LogP contribution in [0.4, 0.5) is 11.4 Å². The van der Waals surface area contributed by atoms with Gasteiger partial charge in [0, 0.05) is 24.6 Å². The maximum atomic E-state index is 11.0. The Balaban J connectivity index is 2.10. The van der Waals surface area contributed by atoms with Crippen LogP contribution in [-0.4, -0.2) is 17.4 Å². The summed E-state index contributed by atoms with van der Waals surface area (Å²) in [5, 5.41) is 13.9. The Morgan fingerprint density at radius 2 is 2.20 bits per heavy atom. The second kappa shape index (κ2) is 5.87. The topological polar surface area (TPSA) is 111 Å². The predicted octanol–water partition coefficient (Wildman–Crippen LogP) is 1.94. The van der Waals surface area contributed by atoms with Crippen molar-refractivity contribution in [1.82, 2.24) is 0 Å². The van der Waals surface area contributed by atoms with Crippen molar-refractivity contribution in [2.75, 3.05) is 11.9 Å². The lowest BCUT2D eigenvalue weighted by Crippen LogP contribution is -2.12. The van der Waals surface area contributed by atoms with E-state index in [1.807, 2.05) is 6.07 Å². The van der Waals surface area contributed by atoms with E-state index in [1.165, 1.54) is 12.1 Å². The van der Waals surface area contributed by atoms with Gasteiger partial charge < -0.3 is 15.5 Å². The smallest absolute Gasteiger partial charge is 0.293 e. The molecule has 0 saturated heterocycles. The maximum absolute atomic E-state index is 11.0. The van der Waals surface area contributed by atoms with Crippen LogP contribution < -0.4 is 11.1 Å². The molecule has 0 bridgehead atoms. The molecule has 1 heterocycles. The van der Waals surface area contributed by atoms with Gasteiger partial charge in [-0.3, -0.25) is 14.9 Å². The van der Waals surface area contributed by atoms with E-state index in [1.54, 1.807) is 12.3 Å². The van der Waals surface area contributed by atoms with Crippen LogP contribution in [0.2, 0.25) is 0 Å². The average molecular weight is 275 g/mol. The largest absolute Gasteiger partial charge is 0.469 e. The third-order valence-corrected chi connectivity index (χ3v) is 2.75. The molecule has 0 spiro atoms. The summed E-state index contributed by atoms with van der Waals surface area (Å²) < 4.78 is 5.16. The Kier molecular flexibility index (Phi) is 3.99. The van der Waals surface area contributed by atoms with Crippen molar-refractivity contribution >= 4 is 17.3 Å². The van der Waals surface area contributed by atoms with E-state index in [4.69, 9.17) is 10.2 Å². The number of benzene rings is 1. The number of rotatable bonds is 6. The van der Waals surface area contributed by atoms with Crippen molar-refractivity contribution in [3.8, 4) is 0 Å². The van der Waals surface area contributed by atoms with Gasteiger partial charge in [-0.05, 0) is 24.3 Å². The first-order valence-electron chi connectivity index (χ1n) is 5.92. The Morgan fingerprint density at radius 1 is 1.40 bits per heavy atom. The summed E-state index contributed by atoms with van der Waals surface area (Å²) in [6, 6.07) is 7.69. The minimum atomic E-state index is -0.699. The number of primary amides is 1. The van der Waals surface area contributed by atoms with Crippen LogP contribution in [0.1, 0.15) is 16.1 Å². The van der Waals surface area contributed by atoms with Crippen molar-refractivity contribution in [3.05, 3.63) is 58.0 Å². The number of nitrogens with one attached hydrogen (secondary N) is 1. The molecule has 0 saturated carbocycles. The van der Waals surface area contributed by atoms with Crippen molar-refractivity contribution in [3.63, 3.8) is 0 Å². The molecule has 1 amide bonds. The van der Waals surface area contributed by atoms with Gasteiger partial charge in [0.25, 0.3) is 5.69 Å². The first-order valence-corrected chi connectivity index (χ1v) is 5.92. The minimum Gasteiger partial charge on any atom is -0.469 e. The van der Waals surface area contributed by atoms with E-state index < -0.39 is 10.8 Å². The number of hydrogen-bond acceptors (Lipinski definition) is 5. The Hall–Kier alpha value is -2.83. The summed E-state index contributed by atoms with van der Waals surface area (Å²) in [4.78, 5) is 21.5. The number of furan rings is 1. The van der Waals surface area contributed by atoms with Gasteiger partial charge in [0.1, 0.15) is 11.4 Å². The van der Waals surface area contributed by atoms with E-state index >= 15 is 0 Å². The van der Waals surface area contributed by atoms with Gasteiger partial charge in [-0.15, -0.1) is 0 Å². The van der Waals surface area contributed by atoms with Crippen molar-refractivity contribution in [2.24, 2.45) is 5.73 Å². The van der Waals surface area contributed by atoms with Gasteiger partial charge in [0.05, 0.1) is 11.2 Å². The SMILES string of the molecule is NC(=O)c1ccc(NCCc2ccco2)c([N+](=O)[O-])c1. The lowest BCUT2D eigenvalue weighted by molar-refractivity contribution is -0.384. The normalized spacial score (nSPS) is 10.2. The lowest BCUT2D eigenvalue weighted by atomic mass is 10.1. The van der Waals surface area contributed by atoms with E-state index in [0.717, 1.165) is 11.8 Å². The van der Waals surface area contributed by atoms with Crippen molar-refractivity contribution < 1.29 is 14.1 Å². The minimum absolute atomic E-state index is 0.105. The molecular weight excluding hydrogens is 262 g/mol. The second-order valence-corrected chi connectivity index (χ2v) is 4.11. The summed E-state index contributed by atoms with van der Waals surface area (Å²) in [7, 11) is 0. The van der Waals surface area contributed by atoms with Crippen LogP contribution in [0.3, 0.4) is 0 Å². The fraction of sp³-hybridized carbons (Fsp3) is 0.154. The van der Waals surface area contributed by atoms with Gasteiger partial charge in [-0.25, -0.2) is 0 Å². The third kappa shape index (κ3) is 3.14. The summed E-state index contributed by atoms with van der Waals surface area (Å²) >= 11 is 0. The zero-order valence-electron chi connectivity index (χ0n) is 10.5. The Labute approximate surface area is 114 Å². The summed E-state index contributed by atoms with van der Waals surface area (Å²) in [6.45, 7) is 0.476. The van der Waals surface area contributed by atoms with Crippen LogP contribution >= 0.6 is 0 Å². The number of nitro benzene ring substituents is 1. The van der Waals surface area contributed by atoms with Crippen LogP contribution in [0.25, 0.3) is 0 Å². The first-order chi connectivity index (χ1) is 9.58. The highest BCUT2D eigenvalue weighted by molar-refractivity contribution is 5.94. The van der Waals surface area contributed by atoms with E-state index in [9.17, 15) is 14.9 Å². The highest BCUT2D eigenvalue weighted by atomic mass is 16.6. The van der Waals surface area contributed by atoms with Crippen LogP contribution in [0, 0.1) is 10.1 Å². The summed E-state index contributed by atoms with van der Waals surface area (Å²) in [5.74, 6) is 0.0872. The number of carbonyl (C=O) groups excluding carboxylic acids is 1. The molecule has 104 valence electrons. The average Bonchev–Trinajstić information content (AvgIpc) is 2.91. The van der Waals surface area contributed by atoms with Crippen molar-refractivity contribution in [1.29, 1.82) is 0 Å². The van der Waals surface area contributed by atoms with E-state index in [-0.39, 0.29) is 11.3 Å². The maximum Gasteiger partial charge on any atom is 0.293 e. The molecule has 0 atom stereocenters. The number of nitrogens with two attached hydrogens (primary N) is 1. The summed E-state index contributed by atoms with van der Waals surface area (Å²) in [6.07, 6.45) is 2.17. The number of amides is 1. The highest BCUT2D eigenvalue weighted by Crippen LogP contribution is 2.25. The molecular formula is C13H13N3O4. The van der Waals surface area contributed by atoms with Crippen LogP contribution in [0.5, 0.6) is 0 Å². The molecule has 0 unspecified atom stereocenters. The number of nitro groups is 1. The molecule has 0 aliphatic heterocycles. The molecule has 20 heavy (non-hydrogen) atoms. The molecule has 3 N–H and O–H groups in total. The third-order valence-electron chi connectivity index (χ3n) is 2.75. The molecule has 0 aliphatic rings. The van der Waals surface area contributed by atoms with Gasteiger partial charge in [-0.1, -0.05) is 0 Å². The van der Waals surface area contributed by atoms with Crippen LogP contribution in [-0.2, 0) is 6.42 Å². The predicted molar refractivity (Wildman–Crippen MR) is 72.5 cm³/mol. The molecule has 0 aliphatic carbocycles. The molecule has 0 radical (unpaired) electrons. The fourth-order valence-corrected chi connectivity index (χ4v) is 1.76. The standard InChI is InChI=1S/C13H13N3O4/c14-13(17)9-3-4-11(12(8-9)16(18)19)15-6-5-10-2-1-7-20-10/h1-4,7-8,15H,5-6H2,(H2,14,17). The molecule has 0 fully saturated rings. The number of nitrogens with zero attached hydrogens (tertiary/aromatic N) is 1. The second-order valence-electron chi connectivity index (χ2n) is 4.11. The zero-order valence-corrected chi connectivity index (χ0v) is 10.5. The lowest BCUT2D eigenvalue weighted by Gasteiger charge is -2.07. The van der Waals surface area contributed by atoms with Gasteiger partial charge in [-0.2, -0.15) is 0 Å². The number of carbonyl (C=O) groups is 1. The van der Waals surface area contributed by atoms with Crippen LogP contribution in [0.15, 0.2) is 41.0 Å². The fourth-order valence-electron chi connectivity index (χ4n) is 1.76. The number of hydrogen-bond donors (Lipinski definition) is 2. The summed E-state index contributed by atoms with van der Waals surface area (Å²) in [5.41, 5.74) is 5.37. The van der Waals surface area contributed by atoms with E-state index in [2.05, 4.69) is 5.32 Å². The first kappa shape index (κ1) is 13.6. The molecule has 2 aromatic rings. The quantitative estimate of drug-likeness (QED) is 0.618. The van der Waals surface area contributed by atoms with E-state index in [0.29, 0.717) is 18.7 Å². The molecule has 1 aromatic heterocycles. The molecule has 1 aromatic carbocycles. The monoisotopic (exact) mass is 275 g/mol. The molecule has 7 heteroatoms. The Bertz CT molecular complexity index is 623. The van der Waals surface area contributed by atoms with Gasteiger partial charge in [0.2, 0.25) is 5.91 Å². The number of anilines is 1.